The molecule has 4 N–H and O–H groups in total. The fourth-order valence-corrected chi connectivity index (χ4v) is 2.98. The van der Waals surface area contributed by atoms with Crippen LogP contribution in [0, 0.1) is 0 Å². The quantitative estimate of drug-likeness (QED) is 0.341. The lowest BCUT2D eigenvalue weighted by Gasteiger charge is -2.05. The third kappa shape index (κ3) is 3.58. The number of hydrogen-bond donors (Lipinski definition) is 3. The van der Waals surface area contributed by atoms with Gasteiger partial charge in [-0.15, -0.1) is 11.3 Å². The lowest BCUT2D eigenvalue weighted by Crippen LogP contribution is -2.23. The van der Waals surface area contributed by atoms with Gasteiger partial charge in [-0.2, -0.15) is 0 Å². The molecule has 0 unspecified atom stereocenters. The minimum absolute atomic E-state index is 0.0261. The Morgan fingerprint density at radius 3 is 2.80 bits per heavy atom. The number of nitrogens with two attached hydrogens (primary N) is 1. The minimum atomic E-state index is -0.206. The molecule has 0 saturated carbocycles. The molecule has 7 heteroatoms. The summed E-state index contributed by atoms with van der Waals surface area (Å²) < 4.78 is 1.00. The molecule has 1 heterocycles. The highest BCUT2D eigenvalue weighted by Crippen LogP contribution is 2.19. The van der Waals surface area contributed by atoms with Crippen LogP contribution in [0.1, 0.15) is 20.8 Å². The summed E-state index contributed by atoms with van der Waals surface area (Å²) >= 11 is 4.93. The van der Waals surface area contributed by atoms with Crippen molar-refractivity contribution in [2.75, 3.05) is 0 Å². The summed E-state index contributed by atoms with van der Waals surface area (Å²) in [5.74, 6) is -0.232. The molecule has 5 nitrogen and oxygen atoms in total. The predicted octanol–water partition coefficient (Wildman–Crippen LogP) is 2.54. The molecular formula is C13H12BrN3O2S. The maximum Gasteiger partial charge on any atom is 0.251 e. The van der Waals surface area contributed by atoms with E-state index in [4.69, 9.17) is 10.9 Å². The van der Waals surface area contributed by atoms with E-state index in [1.54, 1.807) is 35.6 Å². The van der Waals surface area contributed by atoms with Gasteiger partial charge in [0, 0.05) is 25.9 Å². The maximum atomic E-state index is 12.0. The number of nitrogens with zero attached hydrogens (tertiary/aromatic N) is 1. The second-order valence-corrected chi connectivity index (χ2v) is 5.89. The van der Waals surface area contributed by atoms with Gasteiger partial charge >= 0.3 is 0 Å². The average Bonchev–Trinajstić information content (AvgIpc) is 2.89. The monoisotopic (exact) mass is 353 g/mol. The number of benzene rings is 1. The first-order valence-electron chi connectivity index (χ1n) is 5.69. The summed E-state index contributed by atoms with van der Waals surface area (Å²) in [6.45, 7) is 0.461. The van der Waals surface area contributed by atoms with E-state index in [9.17, 15) is 4.79 Å². The van der Waals surface area contributed by atoms with Crippen LogP contribution in [0.5, 0.6) is 0 Å². The number of nitrogens with one attached hydrogen (secondary N) is 1. The normalized spacial score (nSPS) is 11.3. The van der Waals surface area contributed by atoms with E-state index in [0.29, 0.717) is 17.7 Å². The number of amidine groups is 1. The molecule has 2 aromatic rings. The summed E-state index contributed by atoms with van der Waals surface area (Å²) in [7, 11) is 0. The smallest absolute Gasteiger partial charge is 0.251 e. The first kappa shape index (κ1) is 14.5. The van der Waals surface area contributed by atoms with E-state index in [0.717, 1.165) is 9.35 Å². The second kappa shape index (κ2) is 6.53. The fourth-order valence-electron chi connectivity index (χ4n) is 1.59. The van der Waals surface area contributed by atoms with E-state index < -0.39 is 0 Å². The topological polar surface area (TPSA) is 87.7 Å². The number of carbonyl (C=O) groups excluding carboxylic acids is 1. The third-order valence-corrected chi connectivity index (χ3v) is 4.27. The largest absolute Gasteiger partial charge is 0.409 e. The Bertz CT molecular complexity index is 655. The number of hydrogen-bond acceptors (Lipinski definition) is 4. The first-order valence-corrected chi connectivity index (χ1v) is 7.36. The first-order chi connectivity index (χ1) is 9.60. The third-order valence-electron chi connectivity index (χ3n) is 2.57. The van der Waals surface area contributed by atoms with E-state index >= 15 is 0 Å². The molecule has 2 rings (SSSR count). The van der Waals surface area contributed by atoms with Crippen molar-refractivity contribution < 1.29 is 10.0 Å². The van der Waals surface area contributed by atoms with Gasteiger partial charge in [0.25, 0.3) is 5.91 Å². The summed E-state index contributed by atoms with van der Waals surface area (Å²) in [5, 5.41) is 16.3. The molecule has 0 radical (unpaired) electrons. The molecule has 1 aromatic heterocycles. The van der Waals surface area contributed by atoms with Gasteiger partial charge < -0.3 is 16.3 Å². The van der Waals surface area contributed by atoms with E-state index in [-0.39, 0.29) is 11.7 Å². The zero-order valence-electron chi connectivity index (χ0n) is 10.3. The SMILES string of the molecule is NC(=NO)c1cccc(C(=O)NCc2cc(Br)cs2)c1. The van der Waals surface area contributed by atoms with E-state index in [1.807, 2.05) is 11.4 Å². The van der Waals surface area contributed by atoms with Crippen LogP contribution in [0.15, 0.2) is 45.3 Å². The molecule has 1 aromatic carbocycles. The Balaban J connectivity index is 2.05. The van der Waals surface area contributed by atoms with E-state index in [2.05, 4.69) is 26.4 Å². The van der Waals surface area contributed by atoms with Gasteiger partial charge in [-0.3, -0.25) is 4.79 Å². The van der Waals surface area contributed by atoms with Crippen LogP contribution in [0.2, 0.25) is 0 Å². The van der Waals surface area contributed by atoms with Crippen LogP contribution in [0.25, 0.3) is 0 Å². The van der Waals surface area contributed by atoms with Crippen LogP contribution in [-0.4, -0.2) is 17.0 Å². The Labute approximate surface area is 128 Å². The molecule has 1 amide bonds. The number of amides is 1. The standard InChI is InChI=1S/C13H12BrN3O2S/c14-10-5-11(20-7-10)6-16-13(18)9-3-1-2-8(4-9)12(15)17-19/h1-5,7,19H,6H2,(H2,15,17)(H,16,18). The zero-order chi connectivity index (χ0) is 14.5. The number of rotatable bonds is 4. The van der Waals surface area contributed by atoms with Crippen molar-refractivity contribution in [2.45, 2.75) is 6.54 Å². The molecule has 0 atom stereocenters. The predicted molar refractivity (Wildman–Crippen MR) is 82.1 cm³/mol. The molecule has 104 valence electrons. The highest BCUT2D eigenvalue weighted by molar-refractivity contribution is 9.10. The van der Waals surface area contributed by atoms with Crippen LogP contribution in [-0.2, 0) is 6.54 Å². The van der Waals surface area contributed by atoms with Crippen molar-refractivity contribution in [1.29, 1.82) is 0 Å². The van der Waals surface area contributed by atoms with Gasteiger partial charge in [-0.1, -0.05) is 17.3 Å². The van der Waals surface area contributed by atoms with E-state index in [1.165, 1.54) is 0 Å². The van der Waals surface area contributed by atoms with Gasteiger partial charge in [-0.05, 0) is 34.1 Å². The van der Waals surface area contributed by atoms with Crippen LogP contribution in [0.3, 0.4) is 0 Å². The summed E-state index contributed by atoms with van der Waals surface area (Å²) in [4.78, 5) is 13.1. The van der Waals surface area contributed by atoms with Crippen LogP contribution < -0.4 is 11.1 Å². The Morgan fingerprint density at radius 2 is 2.15 bits per heavy atom. The van der Waals surface area contributed by atoms with Crippen molar-refractivity contribution >= 4 is 39.0 Å². The van der Waals surface area contributed by atoms with Crippen LogP contribution in [0.4, 0.5) is 0 Å². The molecule has 0 aliphatic rings. The summed E-state index contributed by atoms with van der Waals surface area (Å²) in [6, 6.07) is 8.56. The van der Waals surface area contributed by atoms with Gasteiger partial charge in [-0.25, -0.2) is 0 Å². The number of halogens is 1. The van der Waals surface area contributed by atoms with Gasteiger partial charge in [0.2, 0.25) is 0 Å². The Hall–Kier alpha value is -1.86. The number of thiophene rings is 1. The molecule has 0 saturated heterocycles. The molecule has 0 fully saturated rings. The molecular weight excluding hydrogens is 342 g/mol. The van der Waals surface area contributed by atoms with Crippen LogP contribution >= 0.6 is 27.3 Å². The molecule has 0 bridgehead atoms. The number of carbonyl (C=O) groups is 1. The highest BCUT2D eigenvalue weighted by atomic mass is 79.9. The van der Waals surface area contributed by atoms with Crippen molar-refractivity contribution in [3.8, 4) is 0 Å². The molecule has 0 aliphatic heterocycles. The molecule has 20 heavy (non-hydrogen) atoms. The van der Waals surface area contributed by atoms with Crippen molar-refractivity contribution in [1.82, 2.24) is 5.32 Å². The average molecular weight is 354 g/mol. The Kier molecular flexibility index (Phi) is 4.75. The van der Waals surface area contributed by atoms with Gasteiger partial charge in [0.15, 0.2) is 5.84 Å². The summed E-state index contributed by atoms with van der Waals surface area (Å²) in [5.41, 5.74) is 6.46. The molecule has 0 aliphatic carbocycles. The Morgan fingerprint density at radius 1 is 1.40 bits per heavy atom. The zero-order valence-corrected chi connectivity index (χ0v) is 12.7. The van der Waals surface area contributed by atoms with Crippen molar-refractivity contribution in [3.05, 3.63) is 56.2 Å². The number of oxime groups is 1. The lowest BCUT2D eigenvalue weighted by atomic mass is 10.1. The molecule has 0 spiro atoms. The minimum Gasteiger partial charge on any atom is -0.409 e. The fraction of sp³-hybridized carbons (Fsp3) is 0.0769. The highest BCUT2D eigenvalue weighted by Gasteiger charge is 2.08. The van der Waals surface area contributed by atoms with Gasteiger partial charge in [0.05, 0.1) is 6.54 Å². The van der Waals surface area contributed by atoms with Crippen molar-refractivity contribution in [2.24, 2.45) is 10.9 Å². The van der Waals surface area contributed by atoms with Crippen molar-refractivity contribution in [3.63, 3.8) is 0 Å². The second-order valence-electron chi connectivity index (χ2n) is 3.98. The summed E-state index contributed by atoms with van der Waals surface area (Å²) in [6.07, 6.45) is 0. The maximum absolute atomic E-state index is 12.0. The lowest BCUT2D eigenvalue weighted by molar-refractivity contribution is 0.0951. The van der Waals surface area contributed by atoms with Gasteiger partial charge in [0.1, 0.15) is 0 Å².